The van der Waals surface area contributed by atoms with Crippen LogP contribution in [-0.4, -0.2) is 49.7 Å². The van der Waals surface area contributed by atoms with Gasteiger partial charge in [0.25, 0.3) is 10.0 Å². The van der Waals surface area contributed by atoms with Crippen LogP contribution in [0.1, 0.15) is 5.56 Å². The lowest BCUT2D eigenvalue weighted by Crippen LogP contribution is -2.50. The van der Waals surface area contributed by atoms with Gasteiger partial charge in [0.2, 0.25) is 5.91 Å². The van der Waals surface area contributed by atoms with Crippen molar-refractivity contribution in [2.45, 2.75) is 4.21 Å². The minimum atomic E-state index is -3.52. The van der Waals surface area contributed by atoms with Crippen molar-refractivity contribution in [1.29, 1.82) is 0 Å². The van der Waals surface area contributed by atoms with Gasteiger partial charge in [0.1, 0.15) is 10.0 Å². The smallest absolute Gasteiger partial charge is 0.252 e. The molecular weight excluding hydrogens is 443 g/mol. The second-order valence-electron chi connectivity index (χ2n) is 5.67. The van der Waals surface area contributed by atoms with E-state index in [1.165, 1.54) is 33.9 Å². The zero-order chi connectivity index (χ0) is 18.7. The average molecular weight is 459 g/mol. The molecule has 0 N–H and O–H groups in total. The number of benzene rings is 1. The molecule has 26 heavy (non-hydrogen) atoms. The molecule has 1 aliphatic heterocycles. The van der Waals surface area contributed by atoms with Crippen molar-refractivity contribution >= 4 is 49.3 Å². The third kappa shape index (κ3) is 4.40. The van der Waals surface area contributed by atoms with Gasteiger partial charge in [-0.1, -0.05) is 12.1 Å². The van der Waals surface area contributed by atoms with E-state index in [4.69, 9.17) is 0 Å². The zero-order valence-corrected chi connectivity index (χ0v) is 16.9. The molecule has 0 aliphatic carbocycles. The first-order valence-electron chi connectivity index (χ1n) is 7.84. The van der Waals surface area contributed by atoms with Gasteiger partial charge in [-0.3, -0.25) is 4.79 Å². The summed E-state index contributed by atoms with van der Waals surface area (Å²) in [6.45, 7) is 1.18. The lowest BCUT2D eigenvalue weighted by Gasteiger charge is -2.33. The van der Waals surface area contributed by atoms with E-state index in [0.717, 1.165) is 9.35 Å². The predicted octanol–water partition coefficient (Wildman–Crippen LogP) is 3.20. The van der Waals surface area contributed by atoms with Crippen molar-refractivity contribution in [3.63, 3.8) is 0 Å². The molecule has 1 aliphatic rings. The van der Waals surface area contributed by atoms with Gasteiger partial charge in [0.15, 0.2) is 0 Å². The minimum Gasteiger partial charge on any atom is -0.337 e. The fraction of sp³-hybridized carbons (Fsp3) is 0.235. The summed E-state index contributed by atoms with van der Waals surface area (Å²) in [6.07, 6.45) is 3.04. The highest BCUT2D eigenvalue weighted by Crippen LogP contribution is 2.28. The molecule has 1 saturated heterocycles. The van der Waals surface area contributed by atoms with Crippen molar-refractivity contribution in [3.8, 4) is 0 Å². The Kier molecular flexibility index (Phi) is 5.91. The Bertz CT molecular complexity index is 918. The first kappa shape index (κ1) is 19.2. The molecule has 3 rings (SSSR count). The Morgan fingerprint density at radius 1 is 1.08 bits per heavy atom. The Labute approximate surface area is 163 Å². The molecule has 2 heterocycles. The molecule has 0 bridgehead atoms. The molecular formula is C17H16BrFN2O3S2. The number of thiophene rings is 1. The molecule has 1 fully saturated rings. The first-order valence-corrected chi connectivity index (χ1v) is 10.9. The molecule has 0 atom stereocenters. The number of hydrogen-bond acceptors (Lipinski definition) is 4. The van der Waals surface area contributed by atoms with Crippen LogP contribution in [-0.2, 0) is 14.8 Å². The van der Waals surface area contributed by atoms with Gasteiger partial charge in [-0.05, 0) is 51.8 Å². The SMILES string of the molecule is O=C(/C=C/c1ccc(F)cc1)N1CCN(S(=O)(=O)c2ccc(Br)s2)CC1. The van der Waals surface area contributed by atoms with E-state index in [1.807, 2.05) is 0 Å². The van der Waals surface area contributed by atoms with Crippen LogP contribution in [0.5, 0.6) is 0 Å². The first-order chi connectivity index (χ1) is 12.4. The average Bonchev–Trinajstić information content (AvgIpc) is 3.08. The van der Waals surface area contributed by atoms with Crippen LogP contribution in [0, 0.1) is 5.82 Å². The summed E-state index contributed by atoms with van der Waals surface area (Å²) in [5, 5.41) is 0. The van der Waals surface area contributed by atoms with E-state index in [-0.39, 0.29) is 24.8 Å². The van der Waals surface area contributed by atoms with E-state index in [0.29, 0.717) is 17.3 Å². The molecule has 1 amide bonds. The highest BCUT2D eigenvalue weighted by molar-refractivity contribution is 9.11. The summed E-state index contributed by atoms with van der Waals surface area (Å²) in [4.78, 5) is 13.9. The molecule has 2 aromatic rings. The number of amides is 1. The normalized spacial score (nSPS) is 16.3. The third-order valence-electron chi connectivity index (χ3n) is 3.98. The van der Waals surface area contributed by atoms with Crippen LogP contribution in [0.15, 0.2) is 50.5 Å². The van der Waals surface area contributed by atoms with E-state index in [9.17, 15) is 17.6 Å². The number of piperazine rings is 1. The van der Waals surface area contributed by atoms with Crippen LogP contribution in [0.25, 0.3) is 6.08 Å². The van der Waals surface area contributed by atoms with Gasteiger partial charge in [-0.15, -0.1) is 11.3 Å². The summed E-state index contributed by atoms with van der Waals surface area (Å²) in [7, 11) is -3.52. The highest BCUT2D eigenvalue weighted by atomic mass is 79.9. The maximum atomic E-state index is 12.9. The van der Waals surface area contributed by atoms with E-state index in [2.05, 4.69) is 15.9 Å². The van der Waals surface area contributed by atoms with E-state index < -0.39 is 10.0 Å². The molecule has 0 unspecified atom stereocenters. The van der Waals surface area contributed by atoms with Crippen LogP contribution in [0.4, 0.5) is 4.39 Å². The standard InChI is InChI=1S/C17H16BrFN2O3S2/c18-15-6-8-17(25-15)26(23,24)21-11-9-20(10-12-21)16(22)7-3-13-1-4-14(19)5-2-13/h1-8H,9-12H2/b7-3+. The van der Waals surface area contributed by atoms with Gasteiger partial charge < -0.3 is 4.90 Å². The number of sulfonamides is 1. The Hall–Kier alpha value is -1.55. The molecule has 5 nitrogen and oxygen atoms in total. The molecule has 1 aromatic carbocycles. The summed E-state index contributed by atoms with van der Waals surface area (Å²) >= 11 is 4.44. The monoisotopic (exact) mass is 458 g/mol. The maximum Gasteiger partial charge on any atom is 0.252 e. The topological polar surface area (TPSA) is 57.7 Å². The second kappa shape index (κ2) is 7.99. The van der Waals surface area contributed by atoms with Crippen LogP contribution < -0.4 is 0 Å². The van der Waals surface area contributed by atoms with Crippen molar-refractivity contribution in [2.75, 3.05) is 26.2 Å². The number of halogens is 2. The number of hydrogen-bond donors (Lipinski definition) is 0. The molecule has 138 valence electrons. The molecule has 9 heteroatoms. The number of carbonyl (C=O) groups is 1. The Morgan fingerprint density at radius 2 is 1.73 bits per heavy atom. The molecule has 0 radical (unpaired) electrons. The van der Waals surface area contributed by atoms with Crippen molar-refractivity contribution in [2.24, 2.45) is 0 Å². The van der Waals surface area contributed by atoms with Gasteiger partial charge in [0.05, 0.1) is 3.79 Å². The van der Waals surface area contributed by atoms with Gasteiger partial charge in [-0.25, -0.2) is 12.8 Å². The van der Waals surface area contributed by atoms with Crippen molar-refractivity contribution in [1.82, 2.24) is 9.21 Å². The van der Waals surface area contributed by atoms with Gasteiger partial charge in [0, 0.05) is 32.3 Å². The Balaban J connectivity index is 1.59. The molecule has 0 spiro atoms. The number of rotatable bonds is 4. The fourth-order valence-corrected chi connectivity index (χ4v) is 6.15. The van der Waals surface area contributed by atoms with Gasteiger partial charge >= 0.3 is 0 Å². The summed E-state index contributed by atoms with van der Waals surface area (Å²) in [5.74, 6) is -0.520. The fourth-order valence-electron chi connectivity index (χ4n) is 2.56. The molecule has 0 saturated carbocycles. The van der Waals surface area contributed by atoms with Crippen LogP contribution in [0.3, 0.4) is 0 Å². The van der Waals surface area contributed by atoms with E-state index >= 15 is 0 Å². The highest BCUT2D eigenvalue weighted by Gasteiger charge is 2.30. The summed E-state index contributed by atoms with van der Waals surface area (Å²) in [6, 6.07) is 9.11. The molecule has 1 aromatic heterocycles. The zero-order valence-electron chi connectivity index (χ0n) is 13.6. The quantitative estimate of drug-likeness (QED) is 0.660. The minimum absolute atomic E-state index is 0.190. The summed E-state index contributed by atoms with van der Waals surface area (Å²) < 4.78 is 40.5. The van der Waals surface area contributed by atoms with Crippen molar-refractivity contribution in [3.05, 3.63) is 57.6 Å². The second-order valence-corrected chi connectivity index (χ2v) is 10.3. The number of nitrogens with zero attached hydrogens (tertiary/aromatic N) is 2. The predicted molar refractivity (Wildman–Crippen MR) is 103 cm³/mol. The van der Waals surface area contributed by atoms with Crippen LogP contribution in [0.2, 0.25) is 0 Å². The largest absolute Gasteiger partial charge is 0.337 e. The Morgan fingerprint density at radius 3 is 2.31 bits per heavy atom. The van der Waals surface area contributed by atoms with Crippen LogP contribution >= 0.6 is 27.3 Å². The number of carbonyl (C=O) groups excluding carboxylic acids is 1. The maximum absolute atomic E-state index is 12.9. The summed E-state index contributed by atoms with van der Waals surface area (Å²) in [5.41, 5.74) is 0.726. The third-order valence-corrected chi connectivity index (χ3v) is 7.97. The lowest BCUT2D eigenvalue weighted by atomic mass is 10.2. The van der Waals surface area contributed by atoms with Gasteiger partial charge in [-0.2, -0.15) is 4.31 Å². The van der Waals surface area contributed by atoms with E-state index in [1.54, 1.807) is 35.2 Å². The lowest BCUT2D eigenvalue weighted by molar-refractivity contribution is -0.127. The van der Waals surface area contributed by atoms with Crippen molar-refractivity contribution < 1.29 is 17.6 Å².